The fraction of sp³-hybridized carbons (Fsp3) is 0.562. The molecule has 0 aliphatic carbocycles. The second kappa shape index (κ2) is 6.87. The number of methoxy groups -OCH3 is 1. The summed E-state index contributed by atoms with van der Waals surface area (Å²) in [5.74, 6) is -2.62. The fourth-order valence-corrected chi connectivity index (χ4v) is 3.97. The van der Waals surface area contributed by atoms with Gasteiger partial charge in [0.1, 0.15) is 18.3 Å². The van der Waals surface area contributed by atoms with Gasteiger partial charge >= 0.3 is 5.97 Å². The minimum absolute atomic E-state index is 0.0496. The predicted molar refractivity (Wildman–Crippen MR) is 85.4 cm³/mol. The molecule has 1 aromatic rings. The van der Waals surface area contributed by atoms with Crippen LogP contribution < -0.4 is 0 Å². The highest BCUT2D eigenvalue weighted by Gasteiger charge is 2.64. The van der Waals surface area contributed by atoms with Crippen LogP contribution in [0.1, 0.15) is 12.0 Å². The van der Waals surface area contributed by atoms with E-state index >= 15 is 0 Å². The van der Waals surface area contributed by atoms with Gasteiger partial charge in [-0.05, 0) is 19.1 Å². The van der Waals surface area contributed by atoms with Gasteiger partial charge in [-0.3, -0.25) is 4.18 Å². The zero-order valence-electron chi connectivity index (χ0n) is 14.2. The van der Waals surface area contributed by atoms with Crippen LogP contribution in [0.4, 0.5) is 0 Å². The van der Waals surface area contributed by atoms with Crippen LogP contribution in [0.5, 0.6) is 0 Å². The second-order valence-corrected chi connectivity index (χ2v) is 7.92. The molecule has 0 radical (unpaired) electrons. The molecule has 0 spiro atoms. The molecule has 2 fully saturated rings. The zero-order chi connectivity index (χ0) is 19.1. The Hall–Kier alpha value is -1.56. The highest BCUT2D eigenvalue weighted by Crippen LogP contribution is 2.44. The maximum Gasteiger partial charge on any atom is 0.366 e. The van der Waals surface area contributed by atoms with Crippen molar-refractivity contribution >= 4 is 16.1 Å². The van der Waals surface area contributed by atoms with Gasteiger partial charge in [-0.15, -0.1) is 0 Å². The van der Waals surface area contributed by atoms with Crippen LogP contribution in [-0.4, -0.2) is 68.5 Å². The first-order chi connectivity index (χ1) is 12.2. The van der Waals surface area contributed by atoms with Crippen molar-refractivity contribution in [3.05, 3.63) is 29.8 Å². The van der Waals surface area contributed by atoms with E-state index in [4.69, 9.17) is 13.7 Å². The normalized spacial score (nSPS) is 31.8. The van der Waals surface area contributed by atoms with Crippen molar-refractivity contribution < 1.29 is 41.8 Å². The monoisotopic (exact) mass is 388 g/mol. The first-order valence-corrected chi connectivity index (χ1v) is 9.36. The average molecular weight is 388 g/mol. The van der Waals surface area contributed by atoms with Crippen LogP contribution in [0.2, 0.25) is 0 Å². The van der Waals surface area contributed by atoms with E-state index in [2.05, 4.69) is 4.74 Å². The number of aliphatic hydroxyl groups excluding tert-OH is 2. The molecular formula is C16H20O9S. The van der Waals surface area contributed by atoms with E-state index in [1.165, 1.54) is 12.1 Å². The molecule has 3 rings (SSSR count). The van der Waals surface area contributed by atoms with Crippen molar-refractivity contribution in [1.29, 1.82) is 0 Å². The minimum Gasteiger partial charge on any atom is -0.465 e. The van der Waals surface area contributed by atoms with Crippen molar-refractivity contribution in [2.75, 3.05) is 13.7 Å². The molecule has 26 heavy (non-hydrogen) atoms. The molecule has 1 aromatic carbocycles. The molecule has 10 heteroatoms. The number of carbonyl (C=O) groups excluding carboxylic acids is 1. The summed E-state index contributed by atoms with van der Waals surface area (Å²) in [6, 6.07) is 6.03. The molecule has 5 atom stereocenters. The third kappa shape index (κ3) is 3.36. The lowest BCUT2D eigenvalue weighted by Gasteiger charge is -2.30. The Balaban J connectivity index is 1.66. The molecule has 2 bridgehead atoms. The molecule has 0 amide bonds. The van der Waals surface area contributed by atoms with E-state index in [9.17, 15) is 23.4 Å². The van der Waals surface area contributed by atoms with Crippen LogP contribution in [0.3, 0.4) is 0 Å². The summed E-state index contributed by atoms with van der Waals surface area (Å²) in [6.45, 7) is 1.20. The molecular weight excluding hydrogens is 368 g/mol. The van der Waals surface area contributed by atoms with Crippen LogP contribution in [0.25, 0.3) is 0 Å². The number of hydrogen-bond acceptors (Lipinski definition) is 9. The van der Waals surface area contributed by atoms with Crippen molar-refractivity contribution in [3.8, 4) is 0 Å². The SMILES string of the molecule is COC(=O)[C@@]12C[C@@H](O)[C@H](O1)[C@@H]([C@H](O)COS(=O)(=O)c1ccc(C)cc1)O2. The molecule has 2 heterocycles. The topological polar surface area (TPSA) is 129 Å². The van der Waals surface area contributed by atoms with Crippen molar-refractivity contribution in [2.45, 2.75) is 48.4 Å². The standard InChI is InChI=1S/C16H20O9S/c1-9-3-5-10(6-4-9)26(20,21)23-8-12(18)14-13-11(17)7-16(24-13,25-14)15(19)22-2/h3-6,11-14,17-18H,7-8H2,1-2H3/t11-,12-,13+,14-,16+/m1/s1. The van der Waals surface area contributed by atoms with E-state index in [-0.39, 0.29) is 11.3 Å². The van der Waals surface area contributed by atoms with Gasteiger partial charge in [0.25, 0.3) is 15.9 Å². The van der Waals surface area contributed by atoms with Gasteiger partial charge < -0.3 is 24.4 Å². The second-order valence-electron chi connectivity index (χ2n) is 6.30. The molecule has 144 valence electrons. The first-order valence-electron chi connectivity index (χ1n) is 7.95. The van der Waals surface area contributed by atoms with Gasteiger partial charge in [0.15, 0.2) is 0 Å². The van der Waals surface area contributed by atoms with Crippen molar-refractivity contribution in [3.63, 3.8) is 0 Å². The van der Waals surface area contributed by atoms with Gasteiger partial charge in [-0.1, -0.05) is 17.7 Å². The summed E-state index contributed by atoms with van der Waals surface area (Å²) in [5.41, 5.74) is 0.888. The van der Waals surface area contributed by atoms with Gasteiger partial charge in [-0.25, -0.2) is 4.79 Å². The summed E-state index contributed by atoms with van der Waals surface area (Å²) >= 11 is 0. The highest BCUT2D eigenvalue weighted by atomic mass is 32.2. The Bertz CT molecular complexity index is 775. The molecule has 2 aliphatic heterocycles. The number of benzene rings is 1. The van der Waals surface area contributed by atoms with Gasteiger partial charge in [0.05, 0.1) is 24.7 Å². The smallest absolute Gasteiger partial charge is 0.366 e. The number of carbonyl (C=O) groups is 1. The summed E-state index contributed by atoms with van der Waals surface area (Å²) in [6.07, 6.45) is -4.76. The fourth-order valence-electron chi connectivity index (χ4n) is 3.05. The largest absolute Gasteiger partial charge is 0.465 e. The third-order valence-corrected chi connectivity index (χ3v) is 5.71. The first kappa shape index (κ1) is 19.2. The number of rotatable bonds is 6. The van der Waals surface area contributed by atoms with Crippen LogP contribution in [-0.2, 0) is 33.3 Å². The maximum atomic E-state index is 12.2. The summed E-state index contributed by atoms with van der Waals surface area (Å²) < 4.78 is 44.7. The van der Waals surface area contributed by atoms with E-state index in [0.717, 1.165) is 12.7 Å². The summed E-state index contributed by atoms with van der Waals surface area (Å²) in [5, 5.41) is 20.3. The predicted octanol–water partition coefficient (Wildman–Crippen LogP) is -0.521. The van der Waals surface area contributed by atoms with Gasteiger partial charge in [-0.2, -0.15) is 8.42 Å². The molecule has 2 aliphatic rings. The van der Waals surface area contributed by atoms with E-state index in [0.29, 0.717) is 0 Å². The lowest BCUT2D eigenvalue weighted by molar-refractivity contribution is -0.211. The van der Waals surface area contributed by atoms with E-state index in [1.54, 1.807) is 12.1 Å². The number of fused-ring (bicyclic) bond motifs is 2. The third-order valence-electron chi connectivity index (χ3n) is 4.41. The van der Waals surface area contributed by atoms with Crippen LogP contribution in [0.15, 0.2) is 29.2 Å². The number of aliphatic hydroxyl groups is 2. The Kier molecular flexibility index (Phi) is 5.08. The number of esters is 1. The van der Waals surface area contributed by atoms with Crippen LogP contribution >= 0.6 is 0 Å². The molecule has 9 nitrogen and oxygen atoms in total. The summed E-state index contributed by atoms with van der Waals surface area (Å²) in [7, 11) is -2.93. The lowest BCUT2D eigenvalue weighted by Crippen LogP contribution is -2.50. The Morgan fingerprint density at radius 3 is 2.62 bits per heavy atom. The minimum atomic E-state index is -4.07. The van der Waals surface area contributed by atoms with E-state index < -0.39 is 52.9 Å². The zero-order valence-corrected chi connectivity index (χ0v) is 15.0. The summed E-state index contributed by atoms with van der Waals surface area (Å²) in [4.78, 5) is 11.8. The van der Waals surface area contributed by atoms with Gasteiger partial charge in [0.2, 0.25) is 0 Å². The number of ether oxygens (including phenoxy) is 3. The molecule has 0 aromatic heterocycles. The number of hydrogen-bond donors (Lipinski definition) is 2. The van der Waals surface area contributed by atoms with Gasteiger partial charge in [0, 0.05) is 6.42 Å². The molecule has 0 unspecified atom stereocenters. The van der Waals surface area contributed by atoms with Crippen molar-refractivity contribution in [2.24, 2.45) is 0 Å². The number of aryl methyl sites for hydroxylation is 1. The maximum absolute atomic E-state index is 12.2. The Morgan fingerprint density at radius 1 is 1.35 bits per heavy atom. The average Bonchev–Trinajstić information content (AvgIpc) is 3.15. The highest BCUT2D eigenvalue weighted by molar-refractivity contribution is 7.86. The molecule has 2 saturated heterocycles. The molecule has 2 N–H and O–H groups in total. The van der Waals surface area contributed by atoms with Crippen molar-refractivity contribution in [1.82, 2.24) is 0 Å². The molecule has 0 saturated carbocycles. The lowest BCUT2D eigenvalue weighted by atomic mass is 9.98. The Labute approximate surface area is 150 Å². The quantitative estimate of drug-likeness (QED) is 0.488. The van der Waals surface area contributed by atoms with E-state index in [1.807, 2.05) is 6.92 Å². The van der Waals surface area contributed by atoms with Crippen LogP contribution in [0, 0.1) is 6.92 Å². The Morgan fingerprint density at radius 2 is 2.00 bits per heavy atom.